The highest BCUT2D eigenvalue weighted by Crippen LogP contribution is 2.32. The number of nitrogens with zero attached hydrogens (tertiary/aromatic N) is 1. The lowest BCUT2D eigenvalue weighted by Gasteiger charge is -2.19. The predicted molar refractivity (Wildman–Crippen MR) is 131 cm³/mol. The summed E-state index contributed by atoms with van der Waals surface area (Å²) in [5.74, 6) is 0.858. The Kier molecular flexibility index (Phi) is 5.53. The SMILES string of the molecule is Cc1ccc(Oc2ccc(NC(=O)[C@@H]3CC(=O)N(c4cccc5ccccc45)C3)cc2)cc1. The fourth-order valence-corrected chi connectivity index (χ4v) is 4.15. The highest BCUT2D eigenvalue weighted by Gasteiger charge is 2.35. The molecule has 0 spiro atoms. The number of rotatable bonds is 5. The van der Waals surface area contributed by atoms with Gasteiger partial charge in [-0.05, 0) is 54.8 Å². The van der Waals surface area contributed by atoms with Crippen molar-refractivity contribution in [3.8, 4) is 11.5 Å². The van der Waals surface area contributed by atoms with Crippen LogP contribution in [0, 0.1) is 12.8 Å². The zero-order chi connectivity index (χ0) is 22.8. The first-order chi connectivity index (χ1) is 16.1. The fourth-order valence-electron chi connectivity index (χ4n) is 4.15. The molecular weight excluding hydrogens is 412 g/mol. The van der Waals surface area contributed by atoms with E-state index in [4.69, 9.17) is 4.74 Å². The Morgan fingerprint density at radius 2 is 1.55 bits per heavy atom. The van der Waals surface area contributed by atoms with Crippen molar-refractivity contribution < 1.29 is 14.3 Å². The molecule has 2 amide bonds. The van der Waals surface area contributed by atoms with Crippen molar-refractivity contribution in [2.24, 2.45) is 5.92 Å². The van der Waals surface area contributed by atoms with Crippen molar-refractivity contribution in [2.75, 3.05) is 16.8 Å². The number of anilines is 2. The van der Waals surface area contributed by atoms with Crippen molar-refractivity contribution in [1.82, 2.24) is 0 Å². The van der Waals surface area contributed by atoms with Gasteiger partial charge in [-0.15, -0.1) is 0 Å². The average Bonchev–Trinajstić information content (AvgIpc) is 3.23. The number of aryl methyl sites for hydroxylation is 1. The molecule has 0 saturated carbocycles. The number of ether oxygens (including phenoxy) is 1. The van der Waals surface area contributed by atoms with Gasteiger partial charge in [0.25, 0.3) is 0 Å². The summed E-state index contributed by atoms with van der Waals surface area (Å²) < 4.78 is 5.84. The zero-order valence-corrected chi connectivity index (χ0v) is 18.3. The third-order valence-corrected chi connectivity index (χ3v) is 5.93. The average molecular weight is 437 g/mol. The van der Waals surface area contributed by atoms with Gasteiger partial charge in [-0.3, -0.25) is 9.59 Å². The molecule has 0 bridgehead atoms. The van der Waals surface area contributed by atoms with Crippen LogP contribution >= 0.6 is 0 Å². The molecule has 4 aromatic carbocycles. The number of fused-ring (bicyclic) bond motifs is 1. The quantitative estimate of drug-likeness (QED) is 0.422. The van der Waals surface area contributed by atoms with Gasteiger partial charge in [0.15, 0.2) is 0 Å². The number of carbonyl (C=O) groups excluding carboxylic acids is 2. The second-order valence-electron chi connectivity index (χ2n) is 8.33. The molecule has 0 aliphatic carbocycles. The van der Waals surface area contributed by atoms with E-state index in [9.17, 15) is 9.59 Å². The maximum absolute atomic E-state index is 12.9. The molecule has 1 atom stereocenters. The third-order valence-electron chi connectivity index (χ3n) is 5.93. The first-order valence-corrected chi connectivity index (χ1v) is 11.0. The Labute approximate surface area is 192 Å². The number of nitrogens with one attached hydrogen (secondary N) is 1. The Morgan fingerprint density at radius 3 is 2.30 bits per heavy atom. The Bertz CT molecular complexity index is 1310. The molecule has 5 nitrogen and oxygen atoms in total. The molecule has 1 heterocycles. The molecule has 5 heteroatoms. The van der Waals surface area contributed by atoms with Crippen LogP contribution in [0.2, 0.25) is 0 Å². The first kappa shape index (κ1) is 20.8. The largest absolute Gasteiger partial charge is 0.457 e. The van der Waals surface area contributed by atoms with E-state index in [0.717, 1.165) is 22.2 Å². The van der Waals surface area contributed by atoms with Crippen LogP contribution in [0.5, 0.6) is 11.5 Å². The van der Waals surface area contributed by atoms with Gasteiger partial charge < -0.3 is 15.0 Å². The minimum absolute atomic E-state index is 0.0339. The summed E-state index contributed by atoms with van der Waals surface area (Å²) in [6, 6.07) is 28.9. The van der Waals surface area contributed by atoms with Gasteiger partial charge in [0.2, 0.25) is 11.8 Å². The van der Waals surface area contributed by atoms with Crippen molar-refractivity contribution in [2.45, 2.75) is 13.3 Å². The fraction of sp³-hybridized carbons (Fsp3) is 0.143. The monoisotopic (exact) mass is 436 g/mol. The molecule has 4 aromatic rings. The Hall–Kier alpha value is -4.12. The van der Waals surface area contributed by atoms with Crippen LogP contribution in [0.4, 0.5) is 11.4 Å². The minimum atomic E-state index is -0.403. The topological polar surface area (TPSA) is 58.6 Å². The summed E-state index contributed by atoms with van der Waals surface area (Å²) in [5, 5.41) is 5.02. The van der Waals surface area contributed by atoms with E-state index in [1.165, 1.54) is 5.56 Å². The summed E-state index contributed by atoms with van der Waals surface area (Å²) in [6.07, 6.45) is 0.198. The summed E-state index contributed by atoms with van der Waals surface area (Å²) in [5.41, 5.74) is 2.70. The van der Waals surface area contributed by atoms with Crippen molar-refractivity contribution in [3.63, 3.8) is 0 Å². The molecule has 0 aromatic heterocycles. The molecular formula is C28H24N2O3. The standard InChI is InChI=1S/C28H24N2O3/c1-19-9-13-23(14-10-19)33-24-15-11-22(12-16-24)29-28(32)21-17-27(31)30(18-21)26-8-4-6-20-5-2-3-7-25(20)26/h2-16,21H,17-18H2,1H3,(H,29,32)/t21-/m1/s1. The van der Waals surface area contributed by atoms with Gasteiger partial charge in [0, 0.05) is 24.0 Å². The van der Waals surface area contributed by atoms with Gasteiger partial charge >= 0.3 is 0 Å². The molecule has 1 N–H and O–H groups in total. The Balaban J connectivity index is 1.25. The van der Waals surface area contributed by atoms with E-state index in [0.29, 0.717) is 18.0 Å². The molecule has 1 aliphatic rings. The van der Waals surface area contributed by atoms with Crippen LogP contribution in [0.3, 0.4) is 0 Å². The number of carbonyl (C=O) groups is 2. The van der Waals surface area contributed by atoms with Gasteiger partial charge in [-0.1, -0.05) is 54.1 Å². The highest BCUT2D eigenvalue weighted by atomic mass is 16.5. The van der Waals surface area contributed by atoms with Crippen molar-refractivity contribution >= 4 is 34.0 Å². The summed E-state index contributed by atoms with van der Waals surface area (Å²) in [7, 11) is 0. The van der Waals surface area contributed by atoms with E-state index >= 15 is 0 Å². The molecule has 1 saturated heterocycles. The van der Waals surface area contributed by atoms with Gasteiger partial charge in [0.1, 0.15) is 11.5 Å². The van der Waals surface area contributed by atoms with E-state index < -0.39 is 5.92 Å². The van der Waals surface area contributed by atoms with E-state index in [2.05, 4.69) is 5.32 Å². The molecule has 164 valence electrons. The van der Waals surface area contributed by atoms with Gasteiger partial charge in [-0.25, -0.2) is 0 Å². The number of hydrogen-bond donors (Lipinski definition) is 1. The van der Waals surface area contributed by atoms with Gasteiger partial charge in [0.05, 0.1) is 11.6 Å². The minimum Gasteiger partial charge on any atom is -0.457 e. The van der Waals surface area contributed by atoms with Crippen molar-refractivity contribution in [3.05, 3.63) is 96.6 Å². The molecule has 0 radical (unpaired) electrons. The van der Waals surface area contributed by atoms with Crippen LogP contribution in [-0.4, -0.2) is 18.4 Å². The van der Waals surface area contributed by atoms with E-state index in [1.807, 2.05) is 85.8 Å². The second kappa shape index (κ2) is 8.79. The lowest BCUT2D eigenvalue weighted by Crippen LogP contribution is -2.28. The second-order valence-corrected chi connectivity index (χ2v) is 8.33. The van der Waals surface area contributed by atoms with E-state index in [1.54, 1.807) is 17.0 Å². The third kappa shape index (κ3) is 4.44. The maximum atomic E-state index is 12.9. The molecule has 0 unspecified atom stereocenters. The summed E-state index contributed by atoms with van der Waals surface area (Å²) >= 11 is 0. The van der Waals surface area contributed by atoms with Crippen LogP contribution in [-0.2, 0) is 9.59 Å². The first-order valence-electron chi connectivity index (χ1n) is 11.0. The van der Waals surface area contributed by atoms with Crippen molar-refractivity contribution in [1.29, 1.82) is 0 Å². The highest BCUT2D eigenvalue weighted by molar-refractivity contribution is 6.08. The summed E-state index contributed by atoms with van der Waals surface area (Å²) in [4.78, 5) is 27.4. The zero-order valence-electron chi connectivity index (χ0n) is 18.3. The molecule has 33 heavy (non-hydrogen) atoms. The van der Waals surface area contributed by atoms with Crippen LogP contribution in [0.15, 0.2) is 91.0 Å². The number of amides is 2. The summed E-state index contributed by atoms with van der Waals surface area (Å²) in [6.45, 7) is 2.40. The Morgan fingerprint density at radius 1 is 0.879 bits per heavy atom. The molecule has 5 rings (SSSR count). The number of benzene rings is 4. The van der Waals surface area contributed by atoms with Crippen LogP contribution in [0.1, 0.15) is 12.0 Å². The van der Waals surface area contributed by atoms with E-state index in [-0.39, 0.29) is 18.2 Å². The van der Waals surface area contributed by atoms with Crippen LogP contribution < -0.4 is 15.0 Å². The number of hydrogen-bond acceptors (Lipinski definition) is 3. The molecule has 1 fully saturated rings. The lowest BCUT2D eigenvalue weighted by molar-refractivity contribution is -0.122. The molecule has 1 aliphatic heterocycles. The normalized spacial score (nSPS) is 15.6. The maximum Gasteiger partial charge on any atom is 0.229 e. The predicted octanol–water partition coefficient (Wildman–Crippen LogP) is 5.93. The van der Waals surface area contributed by atoms with Crippen LogP contribution in [0.25, 0.3) is 10.8 Å². The smallest absolute Gasteiger partial charge is 0.229 e. The van der Waals surface area contributed by atoms with Gasteiger partial charge in [-0.2, -0.15) is 0 Å². The lowest BCUT2D eigenvalue weighted by atomic mass is 10.1.